The molecule has 0 aromatic heterocycles. The molecule has 0 atom stereocenters. The van der Waals surface area contributed by atoms with Gasteiger partial charge in [0.25, 0.3) is 0 Å². The monoisotopic (exact) mass is 588 g/mol. The zero-order chi connectivity index (χ0) is 32.0. The highest BCUT2D eigenvalue weighted by Crippen LogP contribution is 2.14. The third kappa shape index (κ3) is 12.1. The van der Waals surface area contributed by atoms with Gasteiger partial charge in [-0.25, -0.2) is 0 Å². The third-order valence-corrected chi connectivity index (χ3v) is 7.87. The van der Waals surface area contributed by atoms with Crippen LogP contribution in [0.3, 0.4) is 0 Å². The number of benzene rings is 6. The minimum atomic E-state index is 1.03. The molecule has 0 aliphatic carbocycles. The second kappa shape index (κ2) is 17.0. The van der Waals surface area contributed by atoms with E-state index < -0.39 is 0 Å². The van der Waals surface area contributed by atoms with Gasteiger partial charge in [0.05, 0.1) is 0 Å². The maximum absolute atomic E-state index is 2.25. The second-order valence-corrected chi connectivity index (χ2v) is 12.5. The van der Waals surface area contributed by atoms with Crippen LogP contribution in [0.15, 0.2) is 146 Å². The van der Waals surface area contributed by atoms with E-state index in [1.165, 1.54) is 66.8 Å². The van der Waals surface area contributed by atoms with Gasteiger partial charge in [0.15, 0.2) is 0 Å². The van der Waals surface area contributed by atoms with Crippen LogP contribution < -0.4 is 0 Å². The van der Waals surface area contributed by atoms with E-state index >= 15 is 0 Å². The van der Waals surface area contributed by atoms with E-state index in [1.807, 2.05) is 0 Å². The molecule has 0 spiro atoms. The SMILES string of the molecule is Cc1ccc(Cc2ccc(C)cc2)cc1.Cc1ccc(Cc2cccc(C)c2)cc1.Cc1ccc(Cc2cccc(C)c2)cc1. The quantitative estimate of drug-likeness (QED) is 0.182. The van der Waals surface area contributed by atoms with Gasteiger partial charge in [-0.05, 0) is 94.2 Å². The molecular weight excluding hydrogens is 540 g/mol. The van der Waals surface area contributed by atoms with Gasteiger partial charge in [0, 0.05) is 0 Å². The standard InChI is InChI=1S/3C15H16/c1-12-3-7-14(8-4-12)11-15-9-5-13(2)6-10-15;2*1-12-6-8-14(9-7-12)11-15-5-3-4-13(2)10-15/h3*3-10H,11H2,1-2H3. The Balaban J connectivity index is 0.000000154. The molecule has 228 valence electrons. The summed E-state index contributed by atoms with van der Waals surface area (Å²) in [6.07, 6.45) is 3.09. The van der Waals surface area contributed by atoms with Crippen LogP contribution in [0.1, 0.15) is 66.8 Å². The Kier molecular flexibility index (Phi) is 12.5. The first kappa shape index (κ1) is 33.2. The fraction of sp³-hybridized carbons (Fsp3) is 0.200. The fourth-order valence-electron chi connectivity index (χ4n) is 5.18. The number of hydrogen-bond donors (Lipinski definition) is 0. The zero-order valence-corrected chi connectivity index (χ0v) is 28.0. The van der Waals surface area contributed by atoms with Crippen molar-refractivity contribution in [2.24, 2.45) is 0 Å². The summed E-state index contributed by atoms with van der Waals surface area (Å²) in [4.78, 5) is 0. The summed E-state index contributed by atoms with van der Waals surface area (Å²) >= 11 is 0. The van der Waals surface area contributed by atoms with E-state index in [9.17, 15) is 0 Å². The smallest absolute Gasteiger partial charge is 0.00257 e. The molecule has 0 saturated heterocycles. The van der Waals surface area contributed by atoms with Crippen LogP contribution in [0.5, 0.6) is 0 Å². The second-order valence-electron chi connectivity index (χ2n) is 12.5. The van der Waals surface area contributed by atoms with E-state index in [1.54, 1.807) is 0 Å². The topological polar surface area (TPSA) is 0 Å². The summed E-state index contributed by atoms with van der Waals surface area (Å²) in [5.41, 5.74) is 16.2. The van der Waals surface area contributed by atoms with Gasteiger partial charge in [0.2, 0.25) is 0 Å². The van der Waals surface area contributed by atoms with Crippen molar-refractivity contribution < 1.29 is 0 Å². The Labute approximate surface area is 272 Å². The van der Waals surface area contributed by atoms with E-state index in [0.717, 1.165) is 19.3 Å². The first-order valence-corrected chi connectivity index (χ1v) is 16.0. The molecule has 0 amide bonds. The summed E-state index contributed by atoms with van der Waals surface area (Å²) in [6, 6.07) is 52.4. The lowest BCUT2D eigenvalue weighted by atomic mass is 10.0. The predicted octanol–water partition coefficient (Wildman–Crippen LogP) is 11.7. The molecule has 0 heteroatoms. The van der Waals surface area contributed by atoms with Crippen LogP contribution >= 0.6 is 0 Å². The first-order chi connectivity index (χ1) is 21.7. The van der Waals surface area contributed by atoms with E-state index in [-0.39, 0.29) is 0 Å². The molecule has 6 aromatic rings. The normalized spacial score (nSPS) is 10.3. The van der Waals surface area contributed by atoms with Crippen LogP contribution in [0.25, 0.3) is 0 Å². The number of rotatable bonds is 6. The maximum Gasteiger partial charge on any atom is -0.00257 e. The Morgan fingerprint density at radius 1 is 0.244 bits per heavy atom. The van der Waals surface area contributed by atoms with Gasteiger partial charge in [-0.2, -0.15) is 0 Å². The molecule has 0 fully saturated rings. The minimum Gasteiger partial charge on any atom is -0.0617 e. The highest BCUT2D eigenvalue weighted by molar-refractivity contribution is 5.32. The summed E-state index contributed by atoms with van der Waals surface area (Å²) in [6.45, 7) is 12.8. The maximum atomic E-state index is 2.25. The average molecular weight is 589 g/mol. The van der Waals surface area contributed by atoms with Crippen molar-refractivity contribution in [1.82, 2.24) is 0 Å². The molecule has 6 rings (SSSR count). The van der Waals surface area contributed by atoms with Gasteiger partial charge in [0.1, 0.15) is 0 Å². The Morgan fingerprint density at radius 3 is 0.733 bits per heavy atom. The van der Waals surface area contributed by atoms with Gasteiger partial charge in [-0.1, -0.05) is 179 Å². The molecule has 0 bridgehead atoms. The van der Waals surface area contributed by atoms with Crippen molar-refractivity contribution in [3.05, 3.63) is 212 Å². The fourth-order valence-corrected chi connectivity index (χ4v) is 5.18. The van der Waals surface area contributed by atoms with Crippen molar-refractivity contribution in [3.63, 3.8) is 0 Å². The van der Waals surface area contributed by atoms with Crippen LogP contribution in [-0.4, -0.2) is 0 Å². The Morgan fingerprint density at radius 2 is 0.489 bits per heavy atom. The third-order valence-electron chi connectivity index (χ3n) is 7.87. The molecule has 0 heterocycles. The van der Waals surface area contributed by atoms with Crippen molar-refractivity contribution in [3.8, 4) is 0 Å². The van der Waals surface area contributed by atoms with Gasteiger partial charge >= 0.3 is 0 Å². The predicted molar refractivity (Wildman–Crippen MR) is 195 cm³/mol. The van der Waals surface area contributed by atoms with Crippen molar-refractivity contribution in [2.75, 3.05) is 0 Å². The molecule has 0 radical (unpaired) electrons. The van der Waals surface area contributed by atoms with Crippen LogP contribution in [0, 0.1) is 41.5 Å². The van der Waals surface area contributed by atoms with Gasteiger partial charge < -0.3 is 0 Å². The number of aryl methyl sites for hydroxylation is 6. The highest BCUT2D eigenvalue weighted by atomic mass is 14.0. The molecule has 0 nitrogen and oxygen atoms in total. The number of hydrogen-bond acceptors (Lipinski definition) is 0. The van der Waals surface area contributed by atoms with E-state index in [0.29, 0.717) is 0 Å². The Bertz CT molecular complexity index is 1590. The van der Waals surface area contributed by atoms with Crippen molar-refractivity contribution >= 4 is 0 Å². The molecule has 0 saturated carbocycles. The lowest BCUT2D eigenvalue weighted by molar-refractivity contribution is 1.18. The molecular formula is C45H48. The molecule has 0 unspecified atom stereocenters. The summed E-state index contributed by atoms with van der Waals surface area (Å²) in [5, 5.41) is 0. The average Bonchev–Trinajstić information content (AvgIpc) is 3.03. The largest absolute Gasteiger partial charge is 0.0617 e. The zero-order valence-electron chi connectivity index (χ0n) is 28.0. The van der Waals surface area contributed by atoms with E-state index in [4.69, 9.17) is 0 Å². The van der Waals surface area contributed by atoms with Crippen LogP contribution in [0.4, 0.5) is 0 Å². The van der Waals surface area contributed by atoms with Crippen LogP contribution in [0.2, 0.25) is 0 Å². The summed E-state index contributed by atoms with van der Waals surface area (Å²) < 4.78 is 0. The molecule has 45 heavy (non-hydrogen) atoms. The minimum absolute atomic E-state index is 1.03. The molecule has 0 aliphatic rings. The van der Waals surface area contributed by atoms with Crippen LogP contribution in [-0.2, 0) is 19.3 Å². The first-order valence-electron chi connectivity index (χ1n) is 16.0. The van der Waals surface area contributed by atoms with E-state index in [2.05, 4.69) is 187 Å². The molecule has 0 N–H and O–H groups in total. The van der Waals surface area contributed by atoms with Gasteiger partial charge in [-0.15, -0.1) is 0 Å². The lowest BCUT2D eigenvalue weighted by Gasteiger charge is -2.03. The van der Waals surface area contributed by atoms with Crippen molar-refractivity contribution in [1.29, 1.82) is 0 Å². The summed E-state index contributed by atoms with van der Waals surface area (Å²) in [5.74, 6) is 0. The summed E-state index contributed by atoms with van der Waals surface area (Å²) in [7, 11) is 0. The Hall–Kier alpha value is -4.68. The molecule has 0 aliphatic heterocycles. The highest BCUT2D eigenvalue weighted by Gasteiger charge is 1.98. The lowest BCUT2D eigenvalue weighted by Crippen LogP contribution is -1.88. The van der Waals surface area contributed by atoms with Gasteiger partial charge in [-0.3, -0.25) is 0 Å². The molecule has 6 aromatic carbocycles. The van der Waals surface area contributed by atoms with Crippen molar-refractivity contribution in [2.45, 2.75) is 60.8 Å².